The third-order valence-electron chi connectivity index (χ3n) is 1.56. The van der Waals surface area contributed by atoms with Gasteiger partial charge in [0.25, 0.3) is 0 Å². The van der Waals surface area contributed by atoms with Crippen LogP contribution in [0.15, 0.2) is 29.4 Å². The first-order valence-electron chi connectivity index (χ1n) is 3.64. The van der Waals surface area contributed by atoms with Crippen LogP contribution < -0.4 is 0 Å². The van der Waals surface area contributed by atoms with Gasteiger partial charge in [0.15, 0.2) is 11.5 Å². The van der Waals surface area contributed by atoms with Crippen molar-refractivity contribution >= 4 is 23.1 Å². The van der Waals surface area contributed by atoms with E-state index in [9.17, 15) is 4.79 Å². The predicted molar refractivity (Wildman–Crippen MR) is 50.5 cm³/mol. The number of rotatable bonds is 2. The Labute approximate surface area is 80.6 Å². The van der Waals surface area contributed by atoms with E-state index in [0.717, 1.165) is 0 Å². The van der Waals surface area contributed by atoms with Crippen LogP contribution in [-0.4, -0.2) is 16.7 Å². The third-order valence-corrected chi connectivity index (χ3v) is 1.89. The van der Waals surface area contributed by atoms with Gasteiger partial charge < -0.3 is 5.21 Å². The molecule has 0 heterocycles. The number of nitrogens with zero attached hydrogens (tertiary/aromatic N) is 1. The van der Waals surface area contributed by atoms with Crippen molar-refractivity contribution in [1.29, 1.82) is 0 Å². The second-order valence-electron chi connectivity index (χ2n) is 2.48. The van der Waals surface area contributed by atoms with Crippen molar-refractivity contribution in [2.75, 3.05) is 0 Å². The quantitative estimate of drug-likeness (QED) is 0.449. The number of Topliss-reactive ketones (excluding diaryl/α,β-unsaturated/α-hetero) is 1. The smallest absolute Gasteiger partial charge is 0.182 e. The van der Waals surface area contributed by atoms with Crippen LogP contribution in [0, 0.1) is 0 Å². The summed E-state index contributed by atoms with van der Waals surface area (Å²) in [5.41, 5.74) is 0.421. The van der Waals surface area contributed by atoms with Crippen LogP contribution in [0.3, 0.4) is 0 Å². The number of ketones is 1. The lowest BCUT2D eigenvalue weighted by Gasteiger charge is -2.01. The fourth-order valence-corrected chi connectivity index (χ4v) is 1.19. The summed E-state index contributed by atoms with van der Waals surface area (Å²) in [4.78, 5) is 11.0. The summed E-state index contributed by atoms with van der Waals surface area (Å²) in [6, 6.07) is 6.71. The Hall–Kier alpha value is -1.35. The SMILES string of the molecule is CC(=O)C(=NO)c1ccccc1Cl. The van der Waals surface area contributed by atoms with Crippen molar-refractivity contribution in [1.82, 2.24) is 0 Å². The molecule has 1 rings (SSSR count). The molecule has 0 saturated carbocycles. The van der Waals surface area contributed by atoms with Gasteiger partial charge in [-0.2, -0.15) is 0 Å². The number of halogens is 1. The van der Waals surface area contributed by atoms with Gasteiger partial charge in [0, 0.05) is 12.5 Å². The molecule has 0 saturated heterocycles. The average molecular weight is 198 g/mol. The van der Waals surface area contributed by atoms with Gasteiger partial charge in [-0.3, -0.25) is 4.79 Å². The zero-order chi connectivity index (χ0) is 9.84. The Morgan fingerprint density at radius 1 is 1.46 bits per heavy atom. The van der Waals surface area contributed by atoms with E-state index in [1.807, 2.05) is 0 Å². The van der Waals surface area contributed by atoms with Crippen molar-refractivity contribution < 1.29 is 10.0 Å². The summed E-state index contributed by atoms with van der Waals surface area (Å²) >= 11 is 5.80. The van der Waals surface area contributed by atoms with E-state index in [1.54, 1.807) is 24.3 Å². The number of hydrogen-bond donors (Lipinski definition) is 1. The zero-order valence-corrected chi connectivity index (χ0v) is 7.75. The normalized spacial score (nSPS) is 11.4. The molecule has 0 aliphatic heterocycles. The minimum atomic E-state index is -0.324. The van der Waals surface area contributed by atoms with Gasteiger partial charge >= 0.3 is 0 Å². The molecule has 3 nitrogen and oxygen atoms in total. The highest BCUT2D eigenvalue weighted by molar-refractivity contribution is 6.48. The molecule has 0 aromatic heterocycles. The fraction of sp³-hybridized carbons (Fsp3) is 0.111. The molecule has 0 spiro atoms. The minimum Gasteiger partial charge on any atom is -0.410 e. The Bertz CT molecular complexity index is 360. The molecular formula is C9H8ClNO2. The fourth-order valence-electron chi connectivity index (χ4n) is 0.967. The first-order valence-corrected chi connectivity index (χ1v) is 4.02. The largest absolute Gasteiger partial charge is 0.410 e. The predicted octanol–water partition coefficient (Wildman–Crippen LogP) is 2.11. The summed E-state index contributed by atoms with van der Waals surface area (Å²) in [5, 5.41) is 11.9. The van der Waals surface area contributed by atoms with Gasteiger partial charge in [-0.25, -0.2) is 0 Å². The number of carbonyl (C=O) groups excluding carboxylic acids is 1. The van der Waals surface area contributed by atoms with Crippen molar-refractivity contribution in [3.63, 3.8) is 0 Å². The molecule has 4 heteroatoms. The first kappa shape index (κ1) is 9.74. The molecule has 0 fully saturated rings. The van der Waals surface area contributed by atoms with Crippen LogP contribution in [0.5, 0.6) is 0 Å². The second kappa shape index (κ2) is 4.05. The molecule has 1 aromatic carbocycles. The highest BCUT2D eigenvalue weighted by Crippen LogP contribution is 2.16. The summed E-state index contributed by atoms with van der Waals surface area (Å²) in [6.07, 6.45) is 0. The molecule has 0 aliphatic rings. The highest BCUT2D eigenvalue weighted by atomic mass is 35.5. The number of benzene rings is 1. The highest BCUT2D eigenvalue weighted by Gasteiger charge is 2.12. The van der Waals surface area contributed by atoms with E-state index in [0.29, 0.717) is 10.6 Å². The molecule has 13 heavy (non-hydrogen) atoms. The maximum Gasteiger partial charge on any atom is 0.182 e. The van der Waals surface area contributed by atoms with Crippen LogP contribution >= 0.6 is 11.6 Å². The van der Waals surface area contributed by atoms with Gasteiger partial charge in [-0.05, 0) is 6.07 Å². The van der Waals surface area contributed by atoms with Gasteiger partial charge in [-0.15, -0.1) is 0 Å². The molecule has 0 atom stereocenters. The summed E-state index contributed by atoms with van der Waals surface area (Å²) < 4.78 is 0. The van der Waals surface area contributed by atoms with Crippen molar-refractivity contribution in [3.8, 4) is 0 Å². The van der Waals surface area contributed by atoms with E-state index < -0.39 is 0 Å². The second-order valence-corrected chi connectivity index (χ2v) is 2.89. The van der Waals surface area contributed by atoms with Gasteiger partial charge in [0.1, 0.15) is 0 Å². The van der Waals surface area contributed by atoms with Gasteiger partial charge in [0.05, 0.1) is 5.02 Å². The first-order chi connectivity index (χ1) is 6.16. The summed E-state index contributed by atoms with van der Waals surface area (Å²) in [5.74, 6) is -0.324. The third kappa shape index (κ3) is 2.06. The summed E-state index contributed by atoms with van der Waals surface area (Å²) in [7, 11) is 0. The molecule has 1 N–H and O–H groups in total. The van der Waals surface area contributed by atoms with E-state index in [2.05, 4.69) is 5.16 Å². The van der Waals surface area contributed by atoms with Crippen molar-refractivity contribution in [3.05, 3.63) is 34.9 Å². The van der Waals surface area contributed by atoms with E-state index in [1.165, 1.54) is 6.92 Å². The average Bonchev–Trinajstić information content (AvgIpc) is 2.09. The number of hydrogen-bond acceptors (Lipinski definition) is 3. The molecule has 0 aliphatic carbocycles. The molecular weight excluding hydrogens is 190 g/mol. The van der Waals surface area contributed by atoms with Crippen LogP contribution in [0.25, 0.3) is 0 Å². The van der Waals surface area contributed by atoms with Crippen molar-refractivity contribution in [2.24, 2.45) is 5.16 Å². The van der Waals surface area contributed by atoms with Crippen LogP contribution in [0.4, 0.5) is 0 Å². The molecule has 0 unspecified atom stereocenters. The van der Waals surface area contributed by atoms with Crippen LogP contribution in [0.2, 0.25) is 5.02 Å². The van der Waals surface area contributed by atoms with Gasteiger partial charge in [-0.1, -0.05) is 35.0 Å². The zero-order valence-electron chi connectivity index (χ0n) is 6.99. The number of oxime groups is 1. The maximum atomic E-state index is 11.0. The van der Waals surface area contributed by atoms with E-state index >= 15 is 0 Å². The van der Waals surface area contributed by atoms with Crippen LogP contribution in [-0.2, 0) is 4.79 Å². The minimum absolute atomic E-state index is 0.0226. The maximum absolute atomic E-state index is 11.0. The van der Waals surface area contributed by atoms with E-state index in [4.69, 9.17) is 16.8 Å². The standard InChI is InChI=1S/C9H8ClNO2/c1-6(12)9(11-13)7-4-2-3-5-8(7)10/h2-5,13H,1H3. The molecule has 0 radical (unpaired) electrons. The molecule has 0 bridgehead atoms. The number of carbonyl (C=O) groups is 1. The molecule has 68 valence electrons. The lowest BCUT2D eigenvalue weighted by atomic mass is 10.1. The monoisotopic (exact) mass is 197 g/mol. The Morgan fingerprint density at radius 2 is 2.08 bits per heavy atom. The van der Waals surface area contributed by atoms with Crippen LogP contribution in [0.1, 0.15) is 12.5 Å². The lowest BCUT2D eigenvalue weighted by Crippen LogP contribution is -2.11. The Kier molecular flexibility index (Phi) is 3.03. The van der Waals surface area contributed by atoms with Gasteiger partial charge in [0.2, 0.25) is 0 Å². The molecule has 0 amide bonds. The Morgan fingerprint density at radius 3 is 2.54 bits per heavy atom. The topological polar surface area (TPSA) is 49.7 Å². The lowest BCUT2D eigenvalue weighted by molar-refractivity contribution is -0.111. The molecule has 1 aromatic rings. The van der Waals surface area contributed by atoms with Crippen molar-refractivity contribution in [2.45, 2.75) is 6.92 Å². The summed E-state index contributed by atoms with van der Waals surface area (Å²) in [6.45, 7) is 1.32. The Balaban J connectivity index is 3.21. The van der Waals surface area contributed by atoms with E-state index in [-0.39, 0.29) is 11.5 Å².